The van der Waals surface area contributed by atoms with Crippen LogP contribution in [0.5, 0.6) is 0 Å². The summed E-state index contributed by atoms with van der Waals surface area (Å²) in [6, 6.07) is 7.71. The lowest BCUT2D eigenvalue weighted by molar-refractivity contribution is -0.140. The standard InChI is InChI=1S/C12H16N2O4/c15-8-10(11(16)17)14-12(18)13-7-6-9-4-2-1-3-5-9/h1-5,10,15H,6-8H2,(H,16,17)(H2,13,14,18)/t10-/m0/s1. The highest BCUT2D eigenvalue weighted by atomic mass is 16.4. The second-order valence-corrected chi connectivity index (χ2v) is 3.71. The van der Waals surface area contributed by atoms with E-state index in [0.717, 1.165) is 5.56 Å². The number of carbonyl (C=O) groups is 2. The van der Waals surface area contributed by atoms with Crippen LogP contribution in [0.15, 0.2) is 30.3 Å². The van der Waals surface area contributed by atoms with Gasteiger partial charge in [-0.2, -0.15) is 0 Å². The van der Waals surface area contributed by atoms with Crippen molar-refractivity contribution in [2.75, 3.05) is 13.2 Å². The minimum Gasteiger partial charge on any atom is -0.480 e. The smallest absolute Gasteiger partial charge is 0.328 e. The molecule has 1 aromatic rings. The molecule has 1 atom stereocenters. The van der Waals surface area contributed by atoms with E-state index in [2.05, 4.69) is 10.6 Å². The van der Waals surface area contributed by atoms with Crippen LogP contribution in [-0.4, -0.2) is 41.4 Å². The van der Waals surface area contributed by atoms with E-state index in [-0.39, 0.29) is 0 Å². The van der Waals surface area contributed by atoms with Gasteiger partial charge >= 0.3 is 12.0 Å². The first kappa shape index (κ1) is 14.0. The van der Waals surface area contributed by atoms with Crippen molar-refractivity contribution >= 4 is 12.0 Å². The molecular formula is C12H16N2O4. The van der Waals surface area contributed by atoms with Crippen molar-refractivity contribution in [1.29, 1.82) is 0 Å². The van der Waals surface area contributed by atoms with Crippen LogP contribution in [0.3, 0.4) is 0 Å². The summed E-state index contributed by atoms with van der Waals surface area (Å²) in [7, 11) is 0. The SMILES string of the molecule is O=C(NCCc1ccccc1)N[C@@H](CO)C(=O)O. The maximum absolute atomic E-state index is 11.3. The monoisotopic (exact) mass is 252 g/mol. The lowest BCUT2D eigenvalue weighted by atomic mass is 10.1. The Labute approximate surface area is 105 Å². The number of carboxylic acids is 1. The highest BCUT2D eigenvalue weighted by molar-refractivity contribution is 5.82. The molecule has 0 unspecified atom stereocenters. The Morgan fingerprint density at radius 1 is 1.22 bits per heavy atom. The lowest BCUT2D eigenvalue weighted by Gasteiger charge is -2.12. The van der Waals surface area contributed by atoms with Gasteiger partial charge in [0.15, 0.2) is 6.04 Å². The van der Waals surface area contributed by atoms with Crippen molar-refractivity contribution in [3.63, 3.8) is 0 Å². The predicted molar refractivity (Wildman–Crippen MR) is 65.2 cm³/mol. The summed E-state index contributed by atoms with van der Waals surface area (Å²) in [5.74, 6) is -1.27. The fraction of sp³-hybridized carbons (Fsp3) is 0.333. The van der Waals surface area contributed by atoms with Crippen LogP contribution >= 0.6 is 0 Å². The molecule has 18 heavy (non-hydrogen) atoms. The molecule has 0 aliphatic rings. The van der Waals surface area contributed by atoms with Gasteiger partial charge < -0.3 is 20.8 Å². The average Bonchev–Trinajstić information content (AvgIpc) is 2.37. The Kier molecular flexibility index (Phi) is 5.66. The van der Waals surface area contributed by atoms with Gasteiger partial charge in [-0.05, 0) is 12.0 Å². The third-order valence-electron chi connectivity index (χ3n) is 2.33. The molecular weight excluding hydrogens is 236 g/mol. The van der Waals surface area contributed by atoms with Crippen LogP contribution in [0.1, 0.15) is 5.56 Å². The van der Waals surface area contributed by atoms with Crippen LogP contribution in [0, 0.1) is 0 Å². The largest absolute Gasteiger partial charge is 0.480 e. The van der Waals surface area contributed by atoms with Crippen LogP contribution in [0.4, 0.5) is 4.79 Å². The van der Waals surface area contributed by atoms with Gasteiger partial charge in [-0.1, -0.05) is 30.3 Å². The quantitative estimate of drug-likeness (QED) is 0.571. The van der Waals surface area contributed by atoms with E-state index in [4.69, 9.17) is 10.2 Å². The Bertz CT molecular complexity index is 394. The highest BCUT2D eigenvalue weighted by Gasteiger charge is 2.17. The topological polar surface area (TPSA) is 98.7 Å². The summed E-state index contributed by atoms with van der Waals surface area (Å²) >= 11 is 0. The predicted octanol–water partition coefficient (Wildman–Crippen LogP) is -0.0262. The fourth-order valence-corrected chi connectivity index (χ4v) is 1.36. The van der Waals surface area contributed by atoms with Gasteiger partial charge in [-0.25, -0.2) is 9.59 Å². The first-order valence-electron chi connectivity index (χ1n) is 5.55. The zero-order valence-electron chi connectivity index (χ0n) is 9.80. The van der Waals surface area contributed by atoms with Gasteiger partial charge in [-0.15, -0.1) is 0 Å². The number of amides is 2. The number of hydrogen-bond acceptors (Lipinski definition) is 3. The van der Waals surface area contributed by atoms with E-state index >= 15 is 0 Å². The minimum atomic E-state index is -1.28. The molecule has 0 radical (unpaired) electrons. The molecule has 2 amide bonds. The molecule has 0 aromatic heterocycles. The molecule has 0 saturated carbocycles. The molecule has 6 heteroatoms. The number of aliphatic hydroxyl groups is 1. The molecule has 1 aromatic carbocycles. The van der Waals surface area contributed by atoms with Crippen LogP contribution in [0.2, 0.25) is 0 Å². The van der Waals surface area contributed by atoms with Crippen molar-refractivity contribution in [3.05, 3.63) is 35.9 Å². The van der Waals surface area contributed by atoms with E-state index in [1.54, 1.807) is 0 Å². The zero-order chi connectivity index (χ0) is 13.4. The molecule has 0 aliphatic carbocycles. The third-order valence-corrected chi connectivity index (χ3v) is 2.33. The number of benzene rings is 1. The summed E-state index contributed by atoms with van der Waals surface area (Å²) in [4.78, 5) is 21.9. The van der Waals surface area contributed by atoms with Crippen molar-refractivity contribution in [2.45, 2.75) is 12.5 Å². The van der Waals surface area contributed by atoms with Crippen molar-refractivity contribution < 1.29 is 19.8 Å². The fourth-order valence-electron chi connectivity index (χ4n) is 1.36. The van der Waals surface area contributed by atoms with Crippen LogP contribution < -0.4 is 10.6 Å². The zero-order valence-corrected chi connectivity index (χ0v) is 9.80. The Morgan fingerprint density at radius 3 is 2.44 bits per heavy atom. The summed E-state index contributed by atoms with van der Waals surface area (Å²) in [6.07, 6.45) is 0.658. The number of aliphatic hydroxyl groups excluding tert-OH is 1. The maximum Gasteiger partial charge on any atom is 0.328 e. The number of nitrogens with one attached hydrogen (secondary N) is 2. The van der Waals surface area contributed by atoms with Gasteiger partial charge in [0.1, 0.15) is 0 Å². The lowest BCUT2D eigenvalue weighted by Crippen LogP contribution is -2.48. The number of carboxylic acid groups (broad SMARTS) is 1. The second-order valence-electron chi connectivity index (χ2n) is 3.71. The molecule has 0 fully saturated rings. The summed E-state index contributed by atoms with van der Waals surface area (Å²) in [5.41, 5.74) is 1.08. The molecule has 0 aliphatic heterocycles. The number of urea groups is 1. The third kappa shape index (κ3) is 4.84. The summed E-state index contributed by atoms with van der Waals surface area (Å²) in [6.45, 7) is -0.241. The van der Waals surface area contributed by atoms with E-state index < -0.39 is 24.6 Å². The van der Waals surface area contributed by atoms with Crippen molar-refractivity contribution in [2.24, 2.45) is 0 Å². The second kappa shape index (κ2) is 7.29. The average molecular weight is 252 g/mol. The summed E-state index contributed by atoms with van der Waals surface area (Å²) in [5, 5.41) is 22.0. The van der Waals surface area contributed by atoms with Gasteiger partial charge in [0.05, 0.1) is 6.61 Å². The molecule has 1 rings (SSSR count). The molecule has 4 N–H and O–H groups in total. The van der Waals surface area contributed by atoms with E-state index in [0.29, 0.717) is 13.0 Å². The number of carbonyl (C=O) groups excluding carboxylic acids is 1. The summed E-state index contributed by atoms with van der Waals surface area (Å²) < 4.78 is 0. The molecule has 0 saturated heterocycles. The van der Waals surface area contributed by atoms with Crippen LogP contribution in [0.25, 0.3) is 0 Å². The van der Waals surface area contributed by atoms with Crippen molar-refractivity contribution in [1.82, 2.24) is 10.6 Å². The Hall–Kier alpha value is -2.08. The van der Waals surface area contributed by atoms with E-state index in [9.17, 15) is 9.59 Å². The van der Waals surface area contributed by atoms with Gasteiger partial charge in [-0.3, -0.25) is 0 Å². The number of rotatable bonds is 6. The Balaban J connectivity index is 2.27. The Morgan fingerprint density at radius 2 is 1.89 bits per heavy atom. The van der Waals surface area contributed by atoms with E-state index in [1.807, 2.05) is 30.3 Å². The first-order valence-corrected chi connectivity index (χ1v) is 5.55. The number of hydrogen-bond donors (Lipinski definition) is 4. The van der Waals surface area contributed by atoms with Gasteiger partial charge in [0.2, 0.25) is 0 Å². The molecule has 0 bridgehead atoms. The number of aliphatic carboxylic acids is 1. The molecule has 6 nitrogen and oxygen atoms in total. The highest BCUT2D eigenvalue weighted by Crippen LogP contribution is 1.97. The molecule has 0 spiro atoms. The molecule has 0 heterocycles. The van der Waals surface area contributed by atoms with Gasteiger partial charge in [0.25, 0.3) is 0 Å². The van der Waals surface area contributed by atoms with Crippen molar-refractivity contribution in [3.8, 4) is 0 Å². The minimum absolute atomic E-state index is 0.396. The van der Waals surface area contributed by atoms with Crippen LogP contribution in [-0.2, 0) is 11.2 Å². The van der Waals surface area contributed by atoms with E-state index in [1.165, 1.54) is 0 Å². The molecule has 98 valence electrons. The maximum atomic E-state index is 11.3. The normalized spacial score (nSPS) is 11.6. The van der Waals surface area contributed by atoms with Gasteiger partial charge in [0, 0.05) is 6.54 Å². The first-order chi connectivity index (χ1) is 8.63.